The molecule has 3 amide bonds. The fraction of sp³-hybridized carbons (Fsp3) is 0.600. The van der Waals surface area contributed by atoms with E-state index in [0.717, 1.165) is 0 Å². The van der Waals surface area contributed by atoms with E-state index < -0.39 is 72.6 Å². The van der Waals surface area contributed by atoms with Crippen LogP contribution in [0.25, 0.3) is 0 Å². The van der Waals surface area contributed by atoms with Gasteiger partial charge in [-0.2, -0.15) is 0 Å². The van der Waals surface area contributed by atoms with Crippen molar-refractivity contribution in [1.29, 1.82) is 0 Å². The van der Waals surface area contributed by atoms with Crippen LogP contribution in [-0.2, 0) is 28.8 Å². The van der Waals surface area contributed by atoms with Crippen LogP contribution in [-0.4, -0.2) is 75.1 Å². The molecular weight excluding hydrogens is 380 g/mol. The molecule has 0 saturated carbocycles. The molecule has 28 heavy (non-hydrogen) atoms. The number of carbonyl (C=O) groups excluding carboxylic acids is 3. The normalized spacial score (nSPS) is 14.7. The standard InChI is InChI=1S/C15H24N4O9/c1-6(16)12(24)18-8(3-4-10(20)21)14(26)17-7(2)13(25)19-9(15(27)28)5-11(22)23/h6-9H,3-5,16H2,1-2H3,(H,17,26)(H,18,24)(H,19,25)(H,20,21)(H,22,23)(H,27,28). The van der Waals surface area contributed by atoms with Crippen LogP contribution in [0.5, 0.6) is 0 Å². The van der Waals surface area contributed by atoms with Gasteiger partial charge < -0.3 is 37.0 Å². The maximum Gasteiger partial charge on any atom is 0.326 e. The Balaban J connectivity index is 5.02. The molecule has 0 radical (unpaired) electrons. The molecule has 0 aliphatic heterocycles. The van der Waals surface area contributed by atoms with Gasteiger partial charge in [0.05, 0.1) is 12.5 Å². The summed E-state index contributed by atoms with van der Waals surface area (Å²) in [6.45, 7) is 2.56. The Morgan fingerprint density at radius 3 is 1.75 bits per heavy atom. The van der Waals surface area contributed by atoms with Gasteiger partial charge >= 0.3 is 17.9 Å². The van der Waals surface area contributed by atoms with E-state index in [9.17, 15) is 28.8 Å². The number of carboxylic acids is 3. The third-order valence-corrected chi connectivity index (χ3v) is 3.44. The van der Waals surface area contributed by atoms with E-state index in [-0.39, 0.29) is 6.42 Å². The highest BCUT2D eigenvalue weighted by atomic mass is 16.4. The zero-order valence-electron chi connectivity index (χ0n) is 15.3. The predicted octanol–water partition coefficient (Wildman–Crippen LogP) is -2.77. The van der Waals surface area contributed by atoms with Crippen molar-refractivity contribution in [3.8, 4) is 0 Å². The van der Waals surface area contributed by atoms with Gasteiger partial charge in [0.25, 0.3) is 0 Å². The van der Waals surface area contributed by atoms with Crippen molar-refractivity contribution in [2.75, 3.05) is 0 Å². The molecule has 8 N–H and O–H groups in total. The van der Waals surface area contributed by atoms with Crippen LogP contribution in [0, 0.1) is 0 Å². The van der Waals surface area contributed by atoms with E-state index in [1.54, 1.807) is 0 Å². The van der Waals surface area contributed by atoms with E-state index in [2.05, 4.69) is 10.6 Å². The molecule has 0 heterocycles. The minimum absolute atomic E-state index is 0.273. The zero-order valence-corrected chi connectivity index (χ0v) is 15.3. The topological polar surface area (TPSA) is 225 Å². The van der Waals surface area contributed by atoms with Crippen LogP contribution < -0.4 is 21.7 Å². The Bertz CT molecular complexity index is 635. The van der Waals surface area contributed by atoms with Gasteiger partial charge in [-0.3, -0.25) is 24.0 Å². The summed E-state index contributed by atoms with van der Waals surface area (Å²) >= 11 is 0. The van der Waals surface area contributed by atoms with Crippen molar-refractivity contribution in [2.45, 2.75) is 57.3 Å². The summed E-state index contributed by atoms with van der Waals surface area (Å²) in [5, 5.41) is 32.7. The van der Waals surface area contributed by atoms with Gasteiger partial charge in [0.15, 0.2) is 0 Å². The van der Waals surface area contributed by atoms with Gasteiger partial charge in [-0.1, -0.05) is 0 Å². The number of hydrogen-bond donors (Lipinski definition) is 7. The maximum atomic E-state index is 12.3. The lowest BCUT2D eigenvalue weighted by Crippen LogP contribution is -2.56. The summed E-state index contributed by atoms with van der Waals surface area (Å²) in [6, 6.07) is -5.25. The fourth-order valence-electron chi connectivity index (χ4n) is 1.89. The Morgan fingerprint density at radius 1 is 0.786 bits per heavy atom. The number of carbonyl (C=O) groups is 6. The average molecular weight is 404 g/mol. The number of carboxylic acid groups (broad SMARTS) is 3. The van der Waals surface area contributed by atoms with E-state index in [0.29, 0.717) is 0 Å². The number of rotatable bonds is 12. The van der Waals surface area contributed by atoms with Crippen LogP contribution in [0.3, 0.4) is 0 Å². The molecular formula is C15H24N4O9. The molecule has 0 aromatic carbocycles. The van der Waals surface area contributed by atoms with Crippen molar-refractivity contribution < 1.29 is 44.1 Å². The first-order valence-corrected chi connectivity index (χ1v) is 8.18. The number of hydrogen-bond acceptors (Lipinski definition) is 7. The summed E-state index contributed by atoms with van der Waals surface area (Å²) in [5.41, 5.74) is 5.38. The molecule has 4 unspecified atom stereocenters. The monoisotopic (exact) mass is 404 g/mol. The SMILES string of the molecule is CC(N)C(=O)NC(CCC(=O)O)C(=O)NC(C)C(=O)NC(CC(=O)O)C(=O)O. The van der Waals surface area contributed by atoms with E-state index in [1.807, 2.05) is 5.32 Å². The van der Waals surface area contributed by atoms with Crippen molar-refractivity contribution >= 4 is 35.6 Å². The number of aliphatic carboxylic acids is 3. The van der Waals surface area contributed by atoms with E-state index in [4.69, 9.17) is 21.1 Å². The molecule has 158 valence electrons. The third-order valence-electron chi connectivity index (χ3n) is 3.44. The van der Waals surface area contributed by atoms with Crippen LogP contribution >= 0.6 is 0 Å². The van der Waals surface area contributed by atoms with E-state index >= 15 is 0 Å². The first-order valence-electron chi connectivity index (χ1n) is 8.18. The molecule has 0 aromatic rings. The molecule has 0 aliphatic rings. The summed E-state index contributed by atoms with van der Waals surface area (Å²) in [6.07, 6.45) is -1.59. The number of amides is 3. The molecule has 13 heteroatoms. The van der Waals surface area contributed by atoms with Crippen molar-refractivity contribution in [3.05, 3.63) is 0 Å². The third kappa shape index (κ3) is 9.47. The van der Waals surface area contributed by atoms with Crippen LogP contribution in [0.2, 0.25) is 0 Å². The number of nitrogens with two attached hydrogens (primary N) is 1. The van der Waals surface area contributed by atoms with Gasteiger partial charge in [-0.25, -0.2) is 4.79 Å². The van der Waals surface area contributed by atoms with Gasteiger partial charge in [-0.05, 0) is 20.3 Å². The van der Waals surface area contributed by atoms with Crippen molar-refractivity contribution in [3.63, 3.8) is 0 Å². The van der Waals surface area contributed by atoms with Gasteiger partial charge in [0, 0.05) is 6.42 Å². The first-order chi connectivity index (χ1) is 12.8. The Kier molecular flexibility index (Phi) is 10.2. The molecule has 0 aliphatic carbocycles. The highest BCUT2D eigenvalue weighted by Crippen LogP contribution is 2.01. The Morgan fingerprint density at radius 2 is 1.32 bits per heavy atom. The molecule has 0 spiro atoms. The molecule has 0 saturated heterocycles. The fourth-order valence-corrected chi connectivity index (χ4v) is 1.89. The van der Waals surface area contributed by atoms with E-state index in [1.165, 1.54) is 13.8 Å². The van der Waals surface area contributed by atoms with Crippen LogP contribution in [0.4, 0.5) is 0 Å². The summed E-state index contributed by atoms with van der Waals surface area (Å²) in [5.74, 6) is -6.80. The molecule has 4 atom stereocenters. The van der Waals surface area contributed by atoms with Crippen LogP contribution in [0.15, 0.2) is 0 Å². The van der Waals surface area contributed by atoms with Gasteiger partial charge in [-0.15, -0.1) is 0 Å². The largest absolute Gasteiger partial charge is 0.481 e. The second-order valence-electron chi connectivity index (χ2n) is 6.01. The summed E-state index contributed by atoms with van der Waals surface area (Å²) < 4.78 is 0. The molecule has 0 fully saturated rings. The summed E-state index contributed by atoms with van der Waals surface area (Å²) in [7, 11) is 0. The highest BCUT2D eigenvalue weighted by molar-refractivity contribution is 5.94. The van der Waals surface area contributed by atoms with Crippen molar-refractivity contribution in [2.24, 2.45) is 5.73 Å². The second-order valence-corrected chi connectivity index (χ2v) is 6.01. The smallest absolute Gasteiger partial charge is 0.326 e. The maximum absolute atomic E-state index is 12.3. The molecule has 0 bridgehead atoms. The Labute approximate surface area is 159 Å². The molecule has 13 nitrogen and oxygen atoms in total. The predicted molar refractivity (Wildman–Crippen MR) is 91.9 cm³/mol. The number of nitrogens with one attached hydrogen (secondary N) is 3. The van der Waals surface area contributed by atoms with Crippen LogP contribution in [0.1, 0.15) is 33.1 Å². The summed E-state index contributed by atoms with van der Waals surface area (Å²) in [4.78, 5) is 68.3. The average Bonchev–Trinajstić information content (AvgIpc) is 2.56. The minimum atomic E-state index is -1.70. The zero-order chi connectivity index (χ0) is 22.0. The van der Waals surface area contributed by atoms with Gasteiger partial charge in [0.1, 0.15) is 18.1 Å². The molecule has 0 rings (SSSR count). The van der Waals surface area contributed by atoms with Crippen molar-refractivity contribution in [1.82, 2.24) is 16.0 Å². The van der Waals surface area contributed by atoms with Gasteiger partial charge in [0.2, 0.25) is 17.7 Å². The quantitative estimate of drug-likeness (QED) is 0.177. The minimum Gasteiger partial charge on any atom is -0.481 e. The lowest BCUT2D eigenvalue weighted by molar-refractivity contribution is -0.147. The highest BCUT2D eigenvalue weighted by Gasteiger charge is 2.29. The lowest BCUT2D eigenvalue weighted by atomic mass is 10.1. The second kappa shape index (κ2) is 11.5. The molecule has 0 aromatic heterocycles. The first kappa shape index (κ1) is 24.8. The lowest BCUT2D eigenvalue weighted by Gasteiger charge is -2.22. The Hall–Kier alpha value is -3.22.